The first-order valence-electron chi connectivity index (χ1n) is 9.88. The minimum atomic E-state index is 0. The maximum absolute atomic E-state index is 5.88. The summed E-state index contributed by atoms with van der Waals surface area (Å²) in [7, 11) is 1.71. The Balaban J connectivity index is 0.00000280. The second kappa shape index (κ2) is 11.7. The van der Waals surface area contributed by atoms with Gasteiger partial charge in [-0.3, -0.25) is 4.90 Å². The van der Waals surface area contributed by atoms with Gasteiger partial charge in [0.25, 0.3) is 0 Å². The van der Waals surface area contributed by atoms with Crippen molar-refractivity contribution >= 4 is 29.9 Å². The van der Waals surface area contributed by atoms with Gasteiger partial charge in [0.1, 0.15) is 17.6 Å². The number of benzene rings is 1. The number of nitrogens with zero attached hydrogens (tertiary/aromatic N) is 2. The van der Waals surface area contributed by atoms with Crippen molar-refractivity contribution in [3.8, 4) is 11.5 Å². The lowest BCUT2D eigenvalue weighted by Crippen LogP contribution is -2.44. The molecule has 158 valence electrons. The number of fused-ring (bicyclic) bond motifs is 1. The summed E-state index contributed by atoms with van der Waals surface area (Å²) < 4.78 is 16.8. The molecule has 2 aliphatic heterocycles. The molecule has 0 amide bonds. The van der Waals surface area contributed by atoms with Crippen LogP contribution in [-0.2, 0) is 17.7 Å². The molecule has 1 saturated heterocycles. The Bertz CT molecular complexity index is 651. The number of hydrogen-bond acceptors (Lipinski definition) is 5. The lowest BCUT2D eigenvalue weighted by molar-refractivity contribution is 0.0389. The van der Waals surface area contributed by atoms with Crippen molar-refractivity contribution in [3.63, 3.8) is 0 Å². The minimum absolute atomic E-state index is 0. The molecule has 2 aliphatic rings. The number of hydrogen-bond donors (Lipinski definition) is 2. The zero-order valence-electron chi connectivity index (χ0n) is 17.1. The van der Waals surface area contributed by atoms with Crippen molar-refractivity contribution < 1.29 is 14.2 Å². The fourth-order valence-electron chi connectivity index (χ4n) is 3.46. The average Bonchev–Trinajstić information content (AvgIpc) is 3.05. The summed E-state index contributed by atoms with van der Waals surface area (Å²) in [6.07, 6.45) is 1.16. The summed E-state index contributed by atoms with van der Waals surface area (Å²) >= 11 is 0. The van der Waals surface area contributed by atoms with E-state index < -0.39 is 0 Å². The molecule has 0 bridgehead atoms. The Morgan fingerprint density at radius 2 is 2.07 bits per heavy atom. The van der Waals surface area contributed by atoms with E-state index >= 15 is 0 Å². The summed E-state index contributed by atoms with van der Waals surface area (Å²) in [5.41, 5.74) is 2.25. The average molecular weight is 504 g/mol. The topological polar surface area (TPSA) is 67.4 Å². The molecule has 0 saturated carbocycles. The van der Waals surface area contributed by atoms with E-state index in [0.717, 1.165) is 75.4 Å². The van der Waals surface area contributed by atoms with E-state index in [-0.39, 0.29) is 30.1 Å². The summed E-state index contributed by atoms with van der Waals surface area (Å²) in [5.74, 6) is 2.65. The van der Waals surface area contributed by atoms with Crippen LogP contribution in [0.3, 0.4) is 0 Å². The van der Waals surface area contributed by atoms with Crippen LogP contribution in [0.5, 0.6) is 11.5 Å². The highest BCUT2D eigenvalue weighted by molar-refractivity contribution is 14.0. The number of guanidine groups is 1. The Morgan fingerprint density at radius 1 is 1.29 bits per heavy atom. The van der Waals surface area contributed by atoms with Gasteiger partial charge >= 0.3 is 0 Å². The quantitative estimate of drug-likeness (QED) is 0.337. The zero-order chi connectivity index (χ0) is 19.1. The van der Waals surface area contributed by atoms with Gasteiger partial charge in [0.05, 0.1) is 26.9 Å². The molecule has 1 aromatic rings. The highest BCUT2D eigenvalue weighted by atomic mass is 127. The lowest BCUT2D eigenvalue weighted by atomic mass is 10.1. The molecule has 0 aliphatic carbocycles. The van der Waals surface area contributed by atoms with Crippen LogP contribution in [0.4, 0.5) is 0 Å². The molecule has 2 N–H and O–H groups in total. The Kier molecular flexibility index (Phi) is 9.60. The number of aliphatic imine (C=N–C) groups is 1. The Hall–Kier alpha value is -1.26. The lowest BCUT2D eigenvalue weighted by Gasteiger charge is -2.26. The van der Waals surface area contributed by atoms with Crippen LogP contribution in [0.25, 0.3) is 0 Å². The van der Waals surface area contributed by atoms with E-state index in [2.05, 4.69) is 41.5 Å². The number of halogens is 1. The highest BCUT2D eigenvalue weighted by Crippen LogP contribution is 2.35. The summed E-state index contributed by atoms with van der Waals surface area (Å²) in [6, 6.07) is 4.15. The molecule has 1 atom stereocenters. The van der Waals surface area contributed by atoms with Crippen LogP contribution in [0.2, 0.25) is 0 Å². The Labute approximate surface area is 185 Å². The number of morpholine rings is 1. The van der Waals surface area contributed by atoms with E-state index in [9.17, 15) is 0 Å². The van der Waals surface area contributed by atoms with Crippen molar-refractivity contribution in [2.45, 2.75) is 32.9 Å². The van der Waals surface area contributed by atoms with Crippen molar-refractivity contribution in [3.05, 3.63) is 23.3 Å². The molecule has 0 aromatic heterocycles. The zero-order valence-corrected chi connectivity index (χ0v) is 19.5. The largest absolute Gasteiger partial charge is 0.496 e. The van der Waals surface area contributed by atoms with E-state index in [1.807, 2.05) is 0 Å². The smallest absolute Gasteiger partial charge is 0.191 e. The van der Waals surface area contributed by atoms with E-state index in [4.69, 9.17) is 19.2 Å². The first-order valence-corrected chi connectivity index (χ1v) is 9.88. The van der Waals surface area contributed by atoms with Gasteiger partial charge in [-0.25, -0.2) is 4.99 Å². The molecule has 28 heavy (non-hydrogen) atoms. The van der Waals surface area contributed by atoms with Crippen LogP contribution in [0.1, 0.15) is 25.0 Å². The summed E-state index contributed by atoms with van der Waals surface area (Å²) in [6.45, 7) is 11.0. The van der Waals surface area contributed by atoms with Crippen LogP contribution in [0, 0.1) is 0 Å². The fourth-order valence-corrected chi connectivity index (χ4v) is 3.46. The number of rotatable bonds is 7. The molecule has 8 heteroatoms. The highest BCUT2D eigenvalue weighted by Gasteiger charge is 2.21. The standard InChI is InChI=1S/C20H32N4O3.HI/c1-4-21-20(22-5-6-24-7-9-26-10-8-24)23-14-17-13-19-16(11-15(2)27-19)12-18(17)25-3;/h12-13,15H,4-11,14H2,1-3H3,(H2,21,22,23);1H. The molecule has 0 radical (unpaired) electrons. The van der Waals surface area contributed by atoms with Gasteiger partial charge in [0, 0.05) is 50.3 Å². The van der Waals surface area contributed by atoms with Gasteiger partial charge < -0.3 is 24.8 Å². The maximum atomic E-state index is 5.88. The third kappa shape index (κ3) is 6.38. The van der Waals surface area contributed by atoms with E-state index in [1.165, 1.54) is 5.56 Å². The monoisotopic (exact) mass is 504 g/mol. The van der Waals surface area contributed by atoms with Crippen molar-refractivity contribution in [1.82, 2.24) is 15.5 Å². The predicted octanol–water partition coefficient (Wildman–Crippen LogP) is 2.02. The fraction of sp³-hybridized carbons (Fsp3) is 0.650. The van der Waals surface area contributed by atoms with E-state index in [0.29, 0.717) is 6.54 Å². The predicted molar refractivity (Wildman–Crippen MR) is 122 cm³/mol. The molecule has 7 nitrogen and oxygen atoms in total. The second-order valence-corrected chi connectivity index (χ2v) is 6.98. The molecular weight excluding hydrogens is 471 g/mol. The van der Waals surface area contributed by atoms with Crippen LogP contribution >= 0.6 is 24.0 Å². The minimum Gasteiger partial charge on any atom is -0.496 e. The van der Waals surface area contributed by atoms with Crippen molar-refractivity contribution in [2.75, 3.05) is 53.0 Å². The van der Waals surface area contributed by atoms with Gasteiger partial charge in [-0.1, -0.05) is 0 Å². The van der Waals surface area contributed by atoms with Gasteiger partial charge in [0.15, 0.2) is 5.96 Å². The number of nitrogens with one attached hydrogen (secondary N) is 2. The third-order valence-electron chi connectivity index (χ3n) is 4.87. The Morgan fingerprint density at radius 3 is 2.79 bits per heavy atom. The molecule has 2 heterocycles. The van der Waals surface area contributed by atoms with Gasteiger partial charge in [-0.05, 0) is 26.0 Å². The third-order valence-corrected chi connectivity index (χ3v) is 4.87. The van der Waals surface area contributed by atoms with Gasteiger partial charge in [0.2, 0.25) is 0 Å². The SMILES string of the molecule is CCNC(=NCc1cc2c(cc1OC)CC(C)O2)NCCN1CCOCC1.I. The van der Waals surface area contributed by atoms with Gasteiger partial charge in [-0.15, -0.1) is 24.0 Å². The summed E-state index contributed by atoms with van der Waals surface area (Å²) in [5, 5.41) is 6.73. The van der Waals surface area contributed by atoms with E-state index in [1.54, 1.807) is 7.11 Å². The second-order valence-electron chi connectivity index (χ2n) is 6.98. The first-order chi connectivity index (χ1) is 13.2. The molecule has 1 aromatic carbocycles. The van der Waals surface area contributed by atoms with Crippen molar-refractivity contribution in [2.24, 2.45) is 4.99 Å². The van der Waals surface area contributed by atoms with Gasteiger partial charge in [-0.2, -0.15) is 0 Å². The molecular formula is C20H33IN4O3. The number of ether oxygens (including phenoxy) is 3. The van der Waals surface area contributed by atoms with Crippen LogP contribution in [0.15, 0.2) is 17.1 Å². The molecule has 1 fully saturated rings. The normalized spacial score (nSPS) is 19.4. The van der Waals surface area contributed by atoms with Crippen LogP contribution in [-0.4, -0.2) is 70.0 Å². The summed E-state index contributed by atoms with van der Waals surface area (Å²) in [4.78, 5) is 7.14. The number of methoxy groups -OCH3 is 1. The molecule has 1 unspecified atom stereocenters. The molecule has 3 rings (SSSR count). The van der Waals surface area contributed by atoms with Crippen molar-refractivity contribution in [1.29, 1.82) is 0 Å². The first kappa shape index (κ1) is 23.0. The maximum Gasteiger partial charge on any atom is 0.191 e. The molecule has 0 spiro atoms. The van der Waals surface area contributed by atoms with Crippen LogP contribution < -0.4 is 20.1 Å².